The third-order valence-corrected chi connectivity index (χ3v) is 4.88. The first-order chi connectivity index (χ1) is 12.0. The van der Waals surface area contributed by atoms with Gasteiger partial charge in [0, 0.05) is 18.0 Å². The highest BCUT2D eigenvalue weighted by atomic mass is 16.3. The number of rotatable bonds is 4. The fraction of sp³-hybridized carbons (Fsp3) is 0.350. The van der Waals surface area contributed by atoms with Gasteiger partial charge in [0.15, 0.2) is 5.58 Å². The summed E-state index contributed by atoms with van der Waals surface area (Å²) in [5, 5.41) is 2.92. The Kier molecular flexibility index (Phi) is 3.60. The van der Waals surface area contributed by atoms with Gasteiger partial charge in [-0.2, -0.15) is 0 Å². The van der Waals surface area contributed by atoms with Crippen molar-refractivity contribution in [2.75, 3.05) is 5.32 Å². The van der Waals surface area contributed by atoms with Crippen LogP contribution in [0.5, 0.6) is 0 Å². The van der Waals surface area contributed by atoms with Gasteiger partial charge in [-0.15, -0.1) is 0 Å². The molecule has 2 aromatic heterocycles. The summed E-state index contributed by atoms with van der Waals surface area (Å²) in [6, 6.07) is 7.87. The highest BCUT2D eigenvalue weighted by molar-refractivity contribution is 6.07. The van der Waals surface area contributed by atoms with Crippen molar-refractivity contribution in [2.24, 2.45) is 0 Å². The van der Waals surface area contributed by atoms with Crippen molar-refractivity contribution in [3.63, 3.8) is 0 Å². The molecule has 0 fully saturated rings. The summed E-state index contributed by atoms with van der Waals surface area (Å²) in [6.07, 6.45) is 5.14. The Morgan fingerprint density at radius 3 is 2.88 bits per heavy atom. The Morgan fingerprint density at radius 1 is 1.24 bits per heavy atom. The number of unbranched alkanes of at least 4 members (excludes halogenated alkanes) is 1. The van der Waals surface area contributed by atoms with Crippen LogP contribution < -0.4 is 5.32 Å². The Balaban J connectivity index is 1.75. The smallest absolute Gasteiger partial charge is 0.246 e. The first kappa shape index (κ1) is 15.8. The van der Waals surface area contributed by atoms with Crippen LogP contribution in [0.15, 0.2) is 34.9 Å². The monoisotopic (exact) mass is 335 g/mol. The van der Waals surface area contributed by atoms with Gasteiger partial charge < -0.3 is 9.73 Å². The third kappa shape index (κ3) is 2.60. The fourth-order valence-electron chi connectivity index (χ4n) is 3.23. The summed E-state index contributed by atoms with van der Waals surface area (Å²) in [5.41, 5.74) is 4.59. The van der Waals surface area contributed by atoms with E-state index >= 15 is 0 Å². The molecular formula is C20H21N3O2. The number of carbonyl (C=O) groups is 1. The predicted molar refractivity (Wildman–Crippen MR) is 97.5 cm³/mol. The van der Waals surface area contributed by atoms with Crippen LogP contribution in [0.25, 0.3) is 22.7 Å². The fourth-order valence-corrected chi connectivity index (χ4v) is 3.23. The van der Waals surface area contributed by atoms with E-state index in [2.05, 4.69) is 22.2 Å². The van der Waals surface area contributed by atoms with Crippen molar-refractivity contribution in [1.82, 2.24) is 9.97 Å². The number of benzene rings is 1. The van der Waals surface area contributed by atoms with E-state index in [9.17, 15) is 4.79 Å². The molecule has 0 aliphatic carbocycles. The van der Waals surface area contributed by atoms with Crippen molar-refractivity contribution in [3.8, 4) is 11.6 Å². The molecule has 0 spiro atoms. The lowest BCUT2D eigenvalue weighted by Gasteiger charge is -2.14. The number of nitrogens with one attached hydrogen (secondary N) is 1. The van der Waals surface area contributed by atoms with Crippen molar-refractivity contribution in [3.05, 3.63) is 41.6 Å². The van der Waals surface area contributed by atoms with Crippen LogP contribution in [0.1, 0.15) is 44.7 Å². The average molecular weight is 335 g/mol. The van der Waals surface area contributed by atoms with Gasteiger partial charge in [-0.3, -0.25) is 9.78 Å². The van der Waals surface area contributed by atoms with Gasteiger partial charge in [-0.05, 0) is 56.0 Å². The highest BCUT2D eigenvalue weighted by Crippen LogP contribution is 2.40. The number of aromatic nitrogens is 2. The molecule has 25 heavy (non-hydrogen) atoms. The Bertz CT molecular complexity index is 972. The molecule has 1 aromatic carbocycles. The van der Waals surface area contributed by atoms with Crippen LogP contribution in [0.4, 0.5) is 5.69 Å². The van der Waals surface area contributed by atoms with Gasteiger partial charge in [-0.1, -0.05) is 13.3 Å². The van der Waals surface area contributed by atoms with Crippen LogP contribution in [0.2, 0.25) is 0 Å². The second-order valence-electron chi connectivity index (χ2n) is 7.12. The number of fused-ring (bicyclic) bond motifs is 2. The molecule has 1 aliphatic rings. The summed E-state index contributed by atoms with van der Waals surface area (Å²) in [4.78, 5) is 21.1. The van der Waals surface area contributed by atoms with E-state index in [1.165, 1.54) is 5.56 Å². The number of pyridine rings is 1. The summed E-state index contributed by atoms with van der Waals surface area (Å²) >= 11 is 0. The normalized spacial score (nSPS) is 15.4. The lowest BCUT2D eigenvalue weighted by molar-refractivity contribution is -0.119. The quantitative estimate of drug-likeness (QED) is 0.764. The molecule has 0 saturated heterocycles. The van der Waals surface area contributed by atoms with E-state index in [0.29, 0.717) is 11.5 Å². The zero-order valence-electron chi connectivity index (χ0n) is 14.7. The number of carbonyl (C=O) groups excluding carboxylic acids is 1. The number of hydrogen-bond donors (Lipinski definition) is 1. The molecule has 0 atom stereocenters. The summed E-state index contributed by atoms with van der Waals surface area (Å²) < 4.78 is 5.92. The minimum Gasteiger partial charge on any atom is -0.435 e. The van der Waals surface area contributed by atoms with Gasteiger partial charge in [0.1, 0.15) is 11.2 Å². The zero-order valence-corrected chi connectivity index (χ0v) is 14.7. The van der Waals surface area contributed by atoms with Crippen molar-refractivity contribution >= 4 is 22.7 Å². The predicted octanol–water partition coefficient (Wildman–Crippen LogP) is 4.46. The van der Waals surface area contributed by atoms with Crippen molar-refractivity contribution < 1.29 is 9.21 Å². The number of aryl methyl sites for hydroxylation is 1. The first-order valence-electron chi connectivity index (χ1n) is 8.71. The number of hydrogen-bond acceptors (Lipinski definition) is 4. The second kappa shape index (κ2) is 5.69. The van der Waals surface area contributed by atoms with E-state index in [1.807, 2.05) is 38.1 Å². The number of amides is 1. The molecule has 128 valence electrons. The Hall–Kier alpha value is -2.69. The maximum atomic E-state index is 12.1. The molecule has 0 unspecified atom stereocenters. The molecule has 1 amide bonds. The summed E-state index contributed by atoms with van der Waals surface area (Å²) in [7, 11) is 0. The van der Waals surface area contributed by atoms with E-state index in [4.69, 9.17) is 4.42 Å². The summed E-state index contributed by atoms with van der Waals surface area (Å²) in [6.45, 7) is 6.02. The van der Waals surface area contributed by atoms with Crippen LogP contribution in [-0.4, -0.2) is 15.9 Å². The minimum absolute atomic E-state index is 0.000619. The van der Waals surface area contributed by atoms with E-state index in [1.54, 1.807) is 6.20 Å². The van der Waals surface area contributed by atoms with Crippen molar-refractivity contribution in [1.29, 1.82) is 0 Å². The number of anilines is 1. The third-order valence-electron chi connectivity index (χ3n) is 4.88. The van der Waals surface area contributed by atoms with E-state index in [0.717, 1.165) is 41.7 Å². The highest BCUT2D eigenvalue weighted by Gasteiger charge is 2.39. The van der Waals surface area contributed by atoms with Crippen LogP contribution >= 0.6 is 0 Å². The van der Waals surface area contributed by atoms with Gasteiger partial charge in [-0.25, -0.2) is 4.98 Å². The largest absolute Gasteiger partial charge is 0.435 e. The maximum absolute atomic E-state index is 12.1. The molecule has 1 aliphatic heterocycles. The zero-order chi connectivity index (χ0) is 17.6. The van der Waals surface area contributed by atoms with Crippen molar-refractivity contribution in [2.45, 2.75) is 45.4 Å². The van der Waals surface area contributed by atoms with E-state index in [-0.39, 0.29) is 5.91 Å². The SMILES string of the molecule is CCCCc1ccnc(-c2nc3cc4c(cc3o2)NC(=O)C4(C)C)c1. The molecule has 3 heterocycles. The van der Waals surface area contributed by atoms with E-state index < -0.39 is 5.41 Å². The van der Waals surface area contributed by atoms with Gasteiger partial charge in [0.2, 0.25) is 11.8 Å². The molecule has 5 nitrogen and oxygen atoms in total. The van der Waals surface area contributed by atoms with Crippen LogP contribution in [0.3, 0.4) is 0 Å². The molecule has 1 N–H and O–H groups in total. The molecule has 5 heteroatoms. The minimum atomic E-state index is -0.555. The molecule has 4 rings (SSSR count). The standard InChI is InChI=1S/C20H21N3O2/c1-4-5-6-12-7-8-21-16(9-12)18-22-15-10-13-14(11-17(15)25-18)23-19(24)20(13,2)3/h7-11H,4-6H2,1-3H3,(H,23,24). The molecule has 0 radical (unpaired) electrons. The van der Waals surface area contributed by atoms with Crippen LogP contribution in [0, 0.1) is 0 Å². The molecule has 0 bridgehead atoms. The summed E-state index contributed by atoms with van der Waals surface area (Å²) in [5.74, 6) is 0.516. The van der Waals surface area contributed by atoms with Gasteiger partial charge in [0.05, 0.1) is 5.41 Å². The van der Waals surface area contributed by atoms with Crippen LogP contribution in [-0.2, 0) is 16.6 Å². The van der Waals surface area contributed by atoms with Gasteiger partial charge >= 0.3 is 0 Å². The molecule has 3 aromatic rings. The number of oxazole rings is 1. The molecule has 0 saturated carbocycles. The number of nitrogens with zero attached hydrogens (tertiary/aromatic N) is 2. The Morgan fingerprint density at radius 2 is 2.08 bits per heavy atom. The topological polar surface area (TPSA) is 68.0 Å². The lowest BCUT2D eigenvalue weighted by Crippen LogP contribution is -2.26. The maximum Gasteiger partial charge on any atom is 0.246 e. The average Bonchev–Trinajstić information content (AvgIpc) is 3.10. The molecular weight excluding hydrogens is 314 g/mol. The lowest BCUT2D eigenvalue weighted by atomic mass is 9.86. The first-order valence-corrected chi connectivity index (χ1v) is 8.71. The second-order valence-corrected chi connectivity index (χ2v) is 7.12. The Labute approximate surface area is 146 Å². The van der Waals surface area contributed by atoms with Gasteiger partial charge in [0.25, 0.3) is 0 Å².